The molecule has 0 fully saturated rings. The SMILES string of the molecule is O=[P+]([O-])O[P+](=O)[O-].OCc1c(Cl)cc(Cl)cc1Cl.[K+].[K+]. The minimum absolute atomic E-state index is 0. The number of benzene rings is 1. The maximum atomic E-state index is 9.24. The van der Waals surface area contributed by atoms with Crippen molar-refractivity contribution in [3.8, 4) is 0 Å². The minimum Gasteiger partial charge on any atom is -0.563 e. The number of rotatable bonds is 3. The van der Waals surface area contributed by atoms with Crippen molar-refractivity contribution >= 4 is 51.3 Å². The van der Waals surface area contributed by atoms with E-state index in [0.29, 0.717) is 20.6 Å². The molecular formula is C7H5Cl3K2O6P2+2. The van der Waals surface area contributed by atoms with Crippen molar-refractivity contribution in [1.82, 2.24) is 0 Å². The van der Waals surface area contributed by atoms with Crippen LogP contribution in [0.5, 0.6) is 0 Å². The first-order valence-corrected chi connectivity index (χ1v) is 7.31. The van der Waals surface area contributed by atoms with E-state index in [2.05, 4.69) is 4.31 Å². The number of halogens is 3. The predicted octanol–water partition coefficient (Wildman–Crippen LogP) is -3.81. The predicted molar refractivity (Wildman–Crippen MR) is 63.7 cm³/mol. The van der Waals surface area contributed by atoms with E-state index in [9.17, 15) is 18.9 Å². The molecule has 0 bridgehead atoms. The minimum atomic E-state index is -3.24. The van der Waals surface area contributed by atoms with E-state index < -0.39 is 16.5 Å². The molecule has 0 radical (unpaired) electrons. The average Bonchev–Trinajstić information content (AvgIpc) is 2.14. The summed E-state index contributed by atoms with van der Waals surface area (Å²) in [5.74, 6) is 0. The fourth-order valence-corrected chi connectivity index (χ4v) is 2.15. The van der Waals surface area contributed by atoms with Gasteiger partial charge in [-0.05, 0) is 21.3 Å². The summed E-state index contributed by atoms with van der Waals surface area (Å²) in [5, 5.41) is 10.0. The maximum Gasteiger partial charge on any atom is 1.00 e. The van der Waals surface area contributed by atoms with Gasteiger partial charge in [-0.2, -0.15) is 0 Å². The topological polar surface area (TPSA) is 110 Å². The summed E-state index contributed by atoms with van der Waals surface area (Å²) in [7, 11) is -6.47. The molecule has 1 N–H and O–H groups in total. The van der Waals surface area contributed by atoms with Crippen LogP contribution < -0.4 is 113 Å². The fraction of sp³-hybridized carbons (Fsp3) is 0.143. The third-order valence-corrected chi connectivity index (χ3v) is 3.36. The van der Waals surface area contributed by atoms with Crippen molar-refractivity contribution in [3.63, 3.8) is 0 Å². The van der Waals surface area contributed by atoms with Crippen molar-refractivity contribution < 1.29 is 131 Å². The fourth-order valence-electron chi connectivity index (χ4n) is 0.778. The zero-order chi connectivity index (χ0) is 14.3. The van der Waals surface area contributed by atoms with Gasteiger partial charge in [0.05, 0.1) is 6.61 Å². The van der Waals surface area contributed by atoms with E-state index in [1.54, 1.807) is 12.1 Å². The van der Waals surface area contributed by atoms with Gasteiger partial charge in [-0.1, -0.05) is 34.8 Å². The Bertz CT molecular complexity index is 429. The molecule has 2 unspecified atom stereocenters. The van der Waals surface area contributed by atoms with Gasteiger partial charge < -0.3 is 14.9 Å². The van der Waals surface area contributed by atoms with Gasteiger partial charge in [0.1, 0.15) is 4.31 Å². The van der Waals surface area contributed by atoms with Gasteiger partial charge in [0.15, 0.2) is 0 Å². The number of hydrogen-bond acceptors (Lipinski definition) is 6. The zero-order valence-electron chi connectivity index (χ0n) is 10.4. The second-order valence-corrected chi connectivity index (χ2v) is 5.33. The molecule has 1 aromatic rings. The Hall–Kier alpha value is 3.40. The summed E-state index contributed by atoms with van der Waals surface area (Å²) < 4.78 is 21.6. The van der Waals surface area contributed by atoms with Gasteiger partial charge in [0, 0.05) is 20.6 Å². The van der Waals surface area contributed by atoms with Crippen LogP contribution in [0.2, 0.25) is 15.1 Å². The van der Waals surface area contributed by atoms with Gasteiger partial charge in [0.25, 0.3) is 0 Å². The Balaban J connectivity index is -0.000000286. The van der Waals surface area contributed by atoms with Crippen LogP contribution in [-0.2, 0) is 20.0 Å². The Morgan fingerprint density at radius 2 is 1.40 bits per heavy atom. The Morgan fingerprint density at radius 3 is 1.60 bits per heavy atom. The Kier molecular flexibility index (Phi) is 22.4. The standard InChI is InChI=1S/C7H5Cl3O.2K.O5P2/c8-4-1-6(9)5(3-11)7(10)2-4;;;1-6(2)5-7(3)4/h1-2,11H,3H2;;;/q;2*+1;. The molecule has 13 heteroatoms. The molecule has 0 saturated heterocycles. The summed E-state index contributed by atoms with van der Waals surface area (Å²) >= 11 is 17.0. The monoisotopic (exact) mass is 430 g/mol. The quantitative estimate of drug-likeness (QED) is 0.388. The van der Waals surface area contributed by atoms with E-state index in [-0.39, 0.29) is 109 Å². The molecule has 0 amide bonds. The van der Waals surface area contributed by atoms with Crippen molar-refractivity contribution in [2.24, 2.45) is 0 Å². The average molecular weight is 432 g/mol. The van der Waals surface area contributed by atoms with Gasteiger partial charge in [-0.25, -0.2) is 0 Å². The molecular weight excluding hydrogens is 427 g/mol. The molecule has 1 aromatic carbocycles. The van der Waals surface area contributed by atoms with Crippen LogP contribution in [-0.4, -0.2) is 5.11 Å². The van der Waals surface area contributed by atoms with Crippen LogP contribution in [0.15, 0.2) is 12.1 Å². The first-order chi connectivity index (χ1) is 8.27. The normalized spacial score (nSPS) is 10.3. The van der Waals surface area contributed by atoms with Crippen LogP contribution in [0.3, 0.4) is 0 Å². The van der Waals surface area contributed by atoms with Gasteiger partial charge in [-0.3, -0.25) is 0 Å². The molecule has 0 aliphatic heterocycles. The van der Waals surface area contributed by atoms with Crippen LogP contribution in [0, 0.1) is 0 Å². The first-order valence-electron chi connectivity index (χ1n) is 3.99. The van der Waals surface area contributed by atoms with Crippen LogP contribution in [0.4, 0.5) is 0 Å². The van der Waals surface area contributed by atoms with Crippen molar-refractivity contribution in [1.29, 1.82) is 0 Å². The van der Waals surface area contributed by atoms with E-state index in [1.807, 2.05) is 0 Å². The molecule has 0 aliphatic carbocycles. The summed E-state index contributed by atoms with van der Waals surface area (Å²) in [6.45, 7) is -0.172. The van der Waals surface area contributed by atoms with E-state index in [4.69, 9.17) is 39.9 Å². The van der Waals surface area contributed by atoms with Crippen LogP contribution in [0.25, 0.3) is 0 Å². The maximum absolute atomic E-state index is 9.24. The summed E-state index contributed by atoms with van der Waals surface area (Å²) in [6, 6.07) is 3.08. The van der Waals surface area contributed by atoms with Crippen molar-refractivity contribution in [2.75, 3.05) is 0 Å². The molecule has 1 rings (SSSR count). The van der Waals surface area contributed by atoms with Crippen LogP contribution in [0.1, 0.15) is 5.56 Å². The molecule has 6 nitrogen and oxygen atoms in total. The third kappa shape index (κ3) is 13.8. The molecule has 0 spiro atoms. The second-order valence-electron chi connectivity index (χ2n) is 2.53. The molecule has 0 aromatic heterocycles. The third-order valence-electron chi connectivity index (χ3n) is 1.40. The number of hydrogen-bond donors (Lipinski definition) is 1. The molecule has 0 aliphatic rings. The first kappa shape index (κ1) is 28.2. The molecule has 0 heterocycles. The Labute approximate surface area is 217 Å². The number of aliphatic hydroxyl groups excluding tert-OH is 1. The molecule has 2 atom stereocenters. The van der Waals surface area contributed by atoms with E-state index in [1.165, 1.54) is 0 Å². The smallest absolute Gasteiger partial charge is 0.563 e. The van der Waals surface area contributed by atoms with Crippen molar-refractivity contribution in [2.45, 2.75) is 6.61 Å². The Morgan fingerprint density at radius 1 is 1.05 bits per heavy atom. The van der Waals surface area contributed by atoms with E-state index >= 15 is 0 Å². The summed E-state index contributed by atoms with van der Waals surface area (Å²) in [6.07, 6.45) is 0. The van der Waals surface area contributed by atoms with E-state index in [0.717, 1.165) is 0 Å². The zero-order valence-corrected chi connectivity index (χ0v) is 20.7. The number of aliphatic hydroxyl groups is 1. The van der Waals surface area contributed by atoms with Crippen molar-refractivity contribution in [3.05, 3.63) is 32.8 Å². The molecule has 0 saturated carbocycles. The summed E-state index contributed by atoms with van der Waals surface area (Å²) in [5.41, 5.74) is 0.512. The van der Waals surface area contributed by atoms with Gasteiger partial charge in [0.2, 0.25) is 0 Å². The summed E-state index contributed by atoms with van der Waals surface area (Å²) in [4.78, 5) is 18.5. The molecule has 100 valence electrons. The van der Waals surface area contributed by atoms with Gasteiger partial charge in [-0.15, -0.1) is 0 Å². The second kappa shape index (κ2) is 15.9. The van der Waals surface area contributed by atoms with Gasteiger partial charge >= 0.3 is 119 Å². The largest absolute Gasteiger partial charge is 1.00 e. The van der Waals surface area contributed by atoms with Crippen LogP contribution >= 0.6 is 51.3 Å². The molecule has 20 heavy (non-hydrogen) atoms.